The summed E-state index contributed by atoms with van der Waals surface area (Å²) in [6.45, 7) is 4.36. The number of aromatic nitrogens is 1. The number of hydrogen-bond acceptors (Lipinski definition) is 2. The molecule has 0 saturated carbocycles. The van der Waals surface area contributed by atoms with Gasteiger partial charge in [0.25, 0.3) is 0 Å². The number of rotatable bonds is 4. The SMILES string of the molecule is CC(C)C[C@H](N)C=Cc1ccncc1.Cl.Cl. The topological polar surface area (TPSA) is 38.9 Å². The summed E-state index contributed by atoms with van der Waals surface area (Å²) in [5.74, 6) is 0.645. The Bertz CT molecular complexity index is 286. The molecule has 1 aromatic heterocycles. The Hall–Kier alpha value is -0.570. The second-order valence-corrected chi connectivity index (χ2v) is 3.93. The Balaban J connectivity index is 0. The van der Waals surface area contributed by atoms with E-state index in [1.165, 1.54) is 0 Å². The van der Waals surface area contributed by atoms with Gasteiger partial charge >= 0.3 is 0 Å². The van der Waals surface area contributed by atoms with Gasteiger partial charge < -0.3 is 5.73 Å². The summed E-state index contributed by atoms with van der Waals surface area (Å²) in [7, 11) is 0. The highest BCUT2D eigenvalue weighted by Crippen LogP contribution is 2.06. The predicted molar refractivity (Wildman–Crippen MR) is 75.2 cm³/mol. The van der Waals surface area contributed by atoms with Gasteiger partial charge in [0.15, 0.2) is 0 Å². The van der Waals surface area contributed by atoms with Gasteiger partial charge in [0.05, 0.1) is 0 Å². The van der Waals surface area contributed by atoms with Crippen LogP contribution in [0.25, 0.3) is 6.08 Å². The van der Waals surface area contributed by atoms with Crippen molar-refractivity contribution >= 4 is 30.9 Å². The Kier molecular flexibility index (Phi) is 10.7. The lowest BCUT2D eigenvalue weighted by Crippen LogP contribution is -2.18. The zero-order valence-corrected chi connectivity index (χ0v) is 11.3. The second kappa shape index (κ2) is 9.64. The molecule has 1 atom stereocenters. The molecular weight excluding hydrogens is 243 g/mol. The van der Waals surface area contributed by atoms with Crippen molar-refractivity contribution in [2.75, 3.05) is 0 Å². The molecular formula is C12H20Cl2N2. The highest BCUT2D eigenvalue weighted by atomic mass is 35.5. The lowest BCUT2D eigenvalue weighted by molar-refractivity contribution is 0.547. The van der Waals surface area contributed by atoms with Crippen LogP contribution in [0.1, 0.15) is 25.8 Å². The van der Waals surface area contributed by atoms with Crippen molar-refractivity contribution in [3.8, 4) is 0 Å². The van der Waals surface area contributed by atoms with Crippen LogP contribution < -0.4 is 5.73 Å². The van der Waals surface area contributed by atoms with Crippen LogP contribution in [0.5, 0.6) is 0 Å². The van der Waals surface area contributed by atoms with Crippen LogP contribution in [0.4, 0.5) is 0 Å². The molecule has 0 amide bonds. The zero-order chi connectivity index (χ0) is 10.4. The van der Waals surface area contributed by atoms with E-state index in [4.69, 9.17) is 5.73 Å². The zero-order valence-electron chi connectivity index (χ0n) is 9.67. The summed E-state index contributed by atoms with van der Waals surface area (Å²) in [6.07, 6.45) is 8.70. The van der Waals surface area contributed by atoms with Crippen molar-refractivity contribution in [2.45, 2.75) is 26.3 Å². The molecule has 0 radical (unpaired) electrons. The first-order valence-electron chi connectivity index (χ1n) is 5.02. The molecule has 0 fully saturated rings. The fourth-order valence-corrected chi connectivity index (χ4v) is 1.33. The summed E-state index contributed by atoms with van der Waals surface area (Å²) in [4.78, 5) is 3.96. The molecule has 2 nitrogen and oxygen atoms in total. The van der Waals surface area contributed by atoms with Gasteiger partial charge in [0.1, 0.15) is 0 Å². The predicted octanol–water partition coefficient (Wildman–Crippen LogP) is 3.31. The Morgan fingerprint density at radius 2 is 1.81 bits per heavy atom. The van der Waals surface area contributed by atoms with E-state index in [-0.39, 0.29) is 30.9 Å². The summed E-state index contributed by atoms with van der Waals surface area (Å²) >= 11 is 0. The van der Waals surface area contributed by atoms with E-state index in [1.807, 2.05) is 12.1 Å². The molecule has 0 aliphatic carbocycles. The quantitative estimate of drug-likeness (QED) is 0.905. The van der Waals surface area contributed by atoms with Crippen LogP contribution in [0.2, 0.25) is 0 Å². The summed E-state index contributed by atoms with van der Waals surface area (Å²) in [5.41, 5.74) is 7.07. The molecule has 0 bridgehead atoms. The molecule has 1 heterocycles. The first kappa shape index (κ1) is 17.8. The lowest BCUT2D eigenvalue weighted by Gasteiger charge is -2.08. The largest absolute Gasteiger partial charge is 0.324 e. The van der Waals surface area contributed by atoms with Gasteiger partial charge in [-0.05, 0) is 30.0 Å². The van der Waals surface area contributed by atoms with Gasteiger partial charge in [0.2, 0.25) is 0 Å². The first-order chi connectivity index (χ1) is 6.68. The lowest BCUT2D eigenvalue weighted by atomic mass is 10.0. The van der Waals surface area contributed by atoms with Crippen molar-refractivity contribution in [1.29, 1.82) is 0 Å². The summed E-state index contributed by atoms with van der Waals surface area (Å²) in [5, 5.41) is 0. The van der Waals surface area contributed by atoms with Crippen LogP contribution in [0, 0.1) is 5.92 Å². The highest BCUT2D eigenvalue weighted by molar-refractivity contribution is 5.85. The number of nitrogens with two attached hydrogens (primary N) is 1. The third-order valence-electron chi connectivity index (χ3n) is 1.99. The molecule has 92 valence electrons. The normalized spacial score (nSPS) is 12.0. The summed E-state index contributed by atoms with van der Waals surface area (Å²) in [6, 6.07) is 4.10. The second-order valence-electron chi connectivity index (χ2n) is 3.93. The molecule has 2 N–H and O–H groups in total. The van der Waals surface area contributed by atoms with Crippen molar-refractivity contribution in [1.82, 2.24) is 4.98 Å². The minimum absolute atomic E-state index is 0. The van der Waals surface area contributed by atoms with Crippen LogP contribution in [-0.4, -0.2) is 11.0 Å². The number of nitrogens with zero attached hydrogens (tertiary/aromatic N) is 1. The van der Waals surface area contributed by atoms with Crippen molar-refractivity contribution in [3.63, 3.8) is 0 Å². The Morgan fingerprint density at radius 1 is 1.25 bits per heavy atom. The van der Waals surface area contributed by atoms with Crippen molar-refractivity contribution < 1.29 is 0 Å². The van der Waals surface area contributed by atoms with Crippen LogP contribution in [0.3, 0.4) is 0 Å². The van der Waals surface area contributed by atoms with E-state index in [0.29, 0.717) is 5.92 Å². The van der Waals surface area contributed by atoms with Crippen molar-refractivity contribution in [2.24, 2.45) is 11.7 Å². The Morgan fingerprint density at radius 3 is 2.31 bits per heavy atom. The highest BCUT2D eigenvalue weighted by Gasteiger charge is 2.00. The van der Waals surface area contributed by atoms with Gasteiger partial charge in [-0.2, -0.15) is 0 Å². The Labute approximate surface area is 110 Å². The molecule has 16 heavy (non-hydrogen) atoms. The monoisotopic (exact) mass is 262 g/mol. The summed E-state index contributed by atoms with van der Waals surface area (Å²) < 4.78 is 0. The molecule has 0 unspecified atom stereocenters. The molecule has 0 aliphatic heterocycles. The van der Waals surface area contributed by atoms with E-state index in [0.717, 1.165) is 12.0 Å². The maximum absolute atomic E-state index is 5.92. The number of hydrogen-bond donors (Lipinski definition) is 1. The minimum Gasteiger partial charge on any atom is -0.324 e. The maximum Gasteiger partial charge on any atom is 0.0273 e. The molecule has 0 saturated heterocycles. The molecule has 0 spiro atoms. The van der Waals surface area contributed by atoms with E-state index >= 15 is 0 Å². The smallest absolute Gasteiger partial charge is 0.0273 e. The van der Waals surface area contributed by atoms with Gasteiger partial charge in [-0.1, -0.05) is 26.0 Å². The van der Waals surface area contributed by atoms with Crippen molar-refractivity contribution in [3.05, 3.63) is 36.2 Å². The minimum atomic E-state index is 0. The average Bonchev–Trinajstić information content (AvgIpc) is 2.15. The standard InChI is InChI=1S/C12H18N2.2ClH/c1-10(2)9-12(13)4-3-11-5-7-14-8-6-11;;/h3-8,10,12H,9,13H2,1-2H3;2*1H/t12-;;/m1../s1. The van der Waals surface area contributed by atoms with Crippen LogP contribution in [0.15, 0.2) is 30.6 Å². The third-order valence-corrected chi connectivity index (χ3v) is 1.99. The van der Waals surface area contributed by atoms with Gasteiger partial charge in [-0.25, -0.2) is 0 Å². The first-order valence-corrected chi connectivity index (χ1v) is 5.02. The molecule has 0 aliphatic rings. The van der Waals surface area contributed by atoms with E-state index < -0.39 is 0 Å². The van der Waals surface area contributed by atoms with Gasteiger partial charge in [0, 0.05) is 18.4 Å². The fourth-order valence-electron chi connectivity index (χ4n) is 1.33. The van der Waals surface area contributed by atoms with Gasteiger partial charge in [-0.15, -0.1) is 24.8 Å². The number of halogens is 2. The number of pyridine rings is 1. The molecule has 1 rings (SSSR count). The molecule has 1 aromatic rings. The van der Waals surface area contributed by atoms with E-state index in [9.17, 15) is 0 Å². The molecule has 0 aromatic carbocycles. The average molecular weight is 263 g/mol. The third kappa shape index (κ3) is 7.69. The maximum atomic E-state index is 5.92. The van der Waals surface area contributed by atoms with Crippen LogP contribution >= 0.6 is 24.8 Å². The van der Waals surface area contributed by atoms with E-state index in [2.05, 4.69) is 31.0 Å². The van der Waals surface area contributed by atoms with Crippen LogP contribution in [-0.2, 0) is 0 Å². The van der Waals surface area contributed by atoms with E-state index in [1.54, 1.807) is 12.4 Å². The van der Waals surface area contributed by atoms with Gasteiger partial charge in [-0.3, -0.25) is 4.98 Å². The molecule has 4 heteroatoms. The fraction of sp³-hybridized carbons (Fsp3) is 0.417.